The van der Waals surface area contributed by atoms with Crippen molar-refractivity contribution in [3.8, 4) is 0 Å². The maximum Gasteiger partial charge on any atom is -0.0190 e. The number of hydrogen-bond acceptors (Lipinski definition) is 0. The summed E-state index contributed by atoms with van der Waals surface area (Å²) in [6.45, 7) is 8.33. The fourth-order valence-electron chi connectivity index (χ4n) is 2.61. The summed E-state index contributed by atoms with van der Waals surface area (Å²) in [5, 5.41) is 0. The Labute approximate surface area is 156 Å². The van der Waals surface area contributed by atoms with E-state index in [2.05, 4.69) is 86.0 Å². The van der Waals surface area contributed by atoms with Gasteiger partial charge >= 0.3 is 0 Å². The summed E-state index contributed by atoms with van der Waals surface area (Å²) in [6.07, 6.45) is 8.26. The lowest BCUT2D eigenvalue weighted by Crippen LogP contribution is -1.83. The van der Waals surface area contributed by atoms with Gasteiger partial charge in [0.05, 0.1) is 0 Å². The minimum absolute atomic E-state index is 0.992. The molecule has 3 aromatic carbocycles. The van der Waals surface area contributed by atoms with Gasteiger partial charge < -0.3 is 0 Å². The van der Waals surface area contributed by atoms with E-state index in [1.165, 1.54) is 11.1 Å². The lowest BCUT2D eigenvalue weighted by Gasteiger charge is -2.05. The van der Waals surface area contributed by atoms with Gasteiger partial charge in [0.2, 0.25) is 0 Å². The Kier molecular flexibility index (Phi) is 5.80. The highest BCUT2D eigenvalue weighted by Gasteiger charge is 1.99. The van der Waals surface area contributed by atoms with Gasteiger partial charge in [-0.15, -0.1) is 0 Å². The van der Waals surface area contributed by atoms with Crippen LogP contribution in [0.15, 0.2) is 110 Å². The van der Waals surface area contributed by atoms with E-state index in [1.54, 1.807) is 0 Å². The third-order valence-electron chi connectivity index (χ3n) is 4.18. The maximum absolute atomic E-state index is 4.17. The summed E-state index contributed by atoms with van der Waals surface area (Å²) in [7, 11) is 0. The van der Waals surface area contributed by atoms with E-state index in [0.717, 1.165) is 22.3 Å². The highest BCUT2D eigenvalue weighted by molar-refractivity contribution is 5.80. The Morgan fingerprint density at radius 3 is 1.19 bits per heavy atom. The quantitative estimate of drug-likeness (QED) is 0.420. The average molecular weight is 334 g/mol. The molecule has 3 aromatic rings. The number of rotatable bonds is 6. The van der Waals surface area contributed by atoms with Gasteiger partial charge in [-0.05, 0) is 33.4 Å². The molecule has 0 atom stereocenters. The molecule has 0 fully saturated rings. The molecule has 0 aliphatic rings. The lowest BCUT2D eigenvalue weighted by atomic mass is 10.0. The fourth-order valence-corrected chi connectivity index (χ4v) is 2.61. The fraction of sp³-hybridized carbons (Fsp3) is 0. The van der Waals surface area contributed by atoms with Crippen molar-refractivity contribution in [1.82, 2.24) is 0 Å². The van der Waals surface area contributed by atoms with Gasteiger partial charge in [-0.1, -0.05) is 122 Å². The van der Waals surface area contributed by atoms with E-state index in [4.69, 9.17) is 0 Å². The van der Waals surface area contributed by atoms with Crippen LogP contribution in [0.5, 0.6) is 0 Å². The highest BCUT2D eigenvalue weighted by Crippen LogP contribution is 2.20. The molecular weight excluding hydrogens is 312 g/mol. The molecule has 0 nitrogen and oxygen atoms in total. The van der Waals surface area contributed by atoms with E-state index < -0.39 is 0 Å². The summed E-state index contributed by atoms with van der Waals surface area (Å²) >= 11 is 0. The Hall–Kier alpha value is -3.38. The Bertz CT molecular complexity index is 844. The largest absolute Gasteiger partial charge is 0.0912 e. The van der Waals surface area contributed by atoms with Gasteiger partial charge in [-0.3, -0.25) is 0 Å². The maximum atomic E-state index is 4.17. The third-order valence-corrected chi connectivity index (χ3v) is 4.18. The van der Waals surface area contributed by atoms with E-state index in [9.17, 15) is 0 Å². The van der Waals surface area contributed by atoms with Crippen LogP contribution in [0, 0.1) is 0 Å². The SMILES string of the molecule is C=C(/C=C/c1ccccc1)c1ccc(C(=C)/C=C/c2ccccc2)cc1. The van der Waals surface area contributed by atoms with Gasteiger partial charge in [0.1, 0.15) is 0 Å². The van der Waals surface area contributed by atoms with Crippen LogP contribution in [0.25, 0.3) is 23.3 Å². The van der Waals surface area contributed by atoms with Crippen molar-refractivity contribution in [2.24, 2.45) is 0 Å². The third kappa shape index (κ3) is 4.81. The van der Waals surface area contributed by atoms with Crippen molar-refractivity contribution >= 4 is 23.3 Å². The van der Waals surface area contributed by atoms with E-state index in [1.807, 2.05) is 36.4 Å². The van der Waals surface area contributed by atoms with Crippen LogP contribution in [-0.4, -0.2) is 0 Å². The Balaban J connectivity index is 1.66. The molecular formula is C26H22. The molecule has 0 heteroatoms. The molecule has 126 valence electrons. The van der Waals surface area contributed by atoms with E-state index in [-0.39, 0.29) is 0 Å². The van der Waals surface area contributed by atoms with Crippen molar-refractivity contribution in [1.29, 1.82) is 0 Å². The Morgan fingerprint density at radius 2 is 0.846 bits per heavy atom. The van der Waals surface area contributed by atoms with Gasteiger partial charge in [0.25, 0.3) is 0 Å². The number of benzene rings is 3. The normalized spacial score (nSPS) is 11.1. The number of allylic oxidation sites excluding steroid dienone is 4. The second kappa shape index (κ2) is 8.64. The number of hydrogen-bond donors (Lipinski definition) is 0. The Morgan fingerprint density at radius 1 is 0.500 bits per heavy atom. The molecule has 0 unspecified atom stereocenters. The molecule has 0 aliphatic heterocycles. The first-order chi connectivity index (χ1) is 12.7. The second-order valence-corrected chi connectivity index (χ2v) is 6.12. The standard InChI is InChI=1S/C26H22/c1-21(13-15-23-9-5-3-6-10-23)25-17-19-26(20-18-25)22(2)14-16-24-11-7-4-8-12-24/h3-20H,1-2H2/b15-13+,16-14+. The molecule has 3 rings (SSSR count). The summed E-state index contributed by atoms with van der Waals surface area (Å²) in [5.41, 5.74) is 6.55. The van der Waals surface area contributed by atoms with Crippen LogP contribution >= 0.6 is 0 Å². The van der Waals surface area contributed by atoms with Crippen LogP contribution in [0.1, 0.15) is 22.3 Å². The summed E-state index contributed by atoms with van der Waals surface area (Å²) < 4.78 is 0. The van der Waals surface area contributed by atoms with Crippen LogP contribution in [0.2, 0.25) is 0 Å². The van der Waals surface area contributed by atoms with Crippen molar-refractivity contribution in [2.75, 3.05) is 0 Å². The van der Waals surface area contributed by atoms with Crippen LogP contribution in [0.4, 0.5) is 0 Å². The van der Waals surface area contributed by atoms with Gasteiger partial charge in [-0.2, -0.15) is 0 Å². The zero-order valence-electron chi connectivity index (χ0n) is 14.8. The van der Waals surface area contributed by atoms with Gasteiger partial charge in [0, 0.05) is 0 Å². The van der Waals surface area contributed by atoms with Crippen LogP contribution < -0.4 is 0 Å². The average Bonchev–Trinajstić information content (AvgIpc) is 2.72. The first-order valence-corrected chi connectivity index (χ1v) is 8.67. The molecule has 0 aliphatic carbocycles. The summed E-state index contributed by atoms with van der Waals surface area (Å²) in [5.74, 6) is 0. The molecule has 0 saturated heterocycles. The van der Waals surface area contributed by atoms with Crippen molar-refractivity contribution < 1.29 is 0 Å². The zero-order valence-corrected chi connectivity index (χ0v) is 14.8. The van der Waals surface area contributed by atoms with Crippen LogP contribution in [0.3, 0.4) is 0 Å². The first-order valence-electron chi connectivity index (χ1n) is 8.67. The molecule has 0 radical (unpaired) electrons. The molecule has 26 heavy (non-hydrogen) atoms. The molecule has 0 heterocycles. The monoisotopic (exact) mass is 334 g/mol. The molecule has 0 bridgehead atoms. The van der Waals surface area contributed by atoms with Crippen molar-refractivity contribution in [2.45, 2.75) is 0 Å². The molecule has 0 aromatic heterocycles. The second-order valence-electron chi connectivity index (χ2n) is 6.12. The highest BCUT2D eigenvalue weighted by atomic mass is 14.0. The predicted octanol–water partition coefficient (Wildman–Crippen LogP) is 7.14. The predicted molar refractivity (Wildman–Crippen MR) is 115 cm³/mol. The molecule has 0 N–H and O–H groups in total. The molecule has 0 saturated carbocycles. The van der Waals surface area contributed by atoms with Crippen LogP contribution in [-0.2, 0) is 0 Å². The topological polar surface area (TPSA) is 0 Å². The van der Waals surface area contributed by atoms with Gasteiger partial charge in [-0.25, -0.2) is 0 Å². The van der Waals surface area contributed by atoms with E-state index >= 15 is 0 Å². The van der Waals surface area contributed by atoms with Crippen molar-refractivity contribution in [3.63, 3.8) is 0 Å². The molecule has 0 spiro atoms. The van der Waals surface area contributed by atoms with Gasteiger partial charge in [0.15, 0.2) is 0 Å². The smallest absolute Gasteiger partial charge is 0.0190 e. The molecule has 0 amide bonds. The first kappa shape index (κ1) is 17.4. The minimum Gasteiger partial charge on any atom is -0.0912 e. The lowest BCUT2D eigenvalue weighted by molar-refractivity contribution is 1.58. The summed E-state index contributed by atoms with van der Waals surface area (Å²) in [4.78, 5) is 0. The van der Waals surface area contributed by atoms with Crippen molar-refractivity contribution in [3.05, 3.63) is 132 Å². The van der Waals surface area contributed by atoms with E-state index in [0.29, 0.717) is 0 Å². The zero-order chi connectivity index (χ0) is 18.2. The summed E-state index contributed by atoms with van der Waals surface area (Å²) in [6, 6.07) is 28.9. The minimum atomic E-state index is 0.992.